The van der Waals surface area contributed by atoms with Crippen LogP contribution in [0.3, 0.4) is 0 Å². The highest BCUT2D eigenvalue weighted by Gasteiger charge is 2.29. The van der Waals surface area contributed by atoms with Gasteiger partial charge < -0.3 is 10.2 Å². The average Bonchev–Trinajstić information content (AvgIpc) is 3.09. The molecule has 1 aliphatic rings. The van der Waals surface area contributed by atoms with Crippen molar-refractivity contribution in [3.05, 3.63) is 53.2 Å². The van der Waals surface area contributed by atoms with Crippen LogP contribution in [0, 0.1) is 0 Å². The molecule has 1 fully saturated rings. The molecule has 4 nitrogen and oxygen atoms in total. The number of nitrogens with one attached hydrogen (secondary N) is 1. The van der Waals surface area contributed by atoms with Gasteiger partial charge in [0.2, 0.25) is 0 Å². The Bertz CT molecular complexity index is 958. The van der Waals surface area contributed by atoms with Crippen LogP contribution in [0.5, 0.6) is 0 Å². The lowest BCUT2D eigenvalue weighted by atomic mass is 10.0. The van der Waals surface area contributed by atoms with E-state index in [0.717, 1.165) is 67.9 Å². The van der Waals surface area contributed by atoms with Gasteiger partial charge in [0.05, 0.1) is 11.8 Å². The molecule has 0 spiro atoms. The second kappa shape index (κ2) is 9.31. The van der Waals surface area contributed by atoms with Crippen molar-refractivity contribution in [1.82, 2.24) is 15.3 Å². The topological polar surface area (TPSA) is 41.0 Å². The Morgan fingerprint density at radius 1 is 1.07 bits per heavy atom. The van der Waals surface area contributed by atoms with Crippen molar-refractivity contribution in [1.29, 1.82) is 0 Å². The molecule has 1 N–H and O–H groups in total. The van der Waals surface area contributed by atoms with Crippen LogP contribution in [0.15, 0.2) is 42.7 Å². The number of benzene rings is 1. The van der Waals surface area contributed by atoms with Crippen LogP contribution in [0.1, 0.15) is 36.1 Å². The molecule has 0 bridgehead atoms. The van der Waals surface area contributed by atoms with Gasteiger partial charge in [-0.05, 0) is 30.9 Å². The fraction of sp³-hybridized carbons (Fsp3) is 0.455. The van der Waals surface area contributed by atoms with E-state index in [-0.39, 0.29) is 4.88 Å². The van der Waals surface area contributed by atoms with E-state index >= 15 is 0 Å². The highest BCUT2D eigenvalue weighted by atomic mass is 32.1. The third-order valence-electron chi connectivity index (χ3n) is 5.45. The lowest BCUT2D eigenvalue weighted by Gasteiger charge is -2.30. The third-order valence-corrected chi connectivity index (χ3v) is 6.49. The maximum absolute atomic E-state index is 12.8. The van der Waals surface area contributed by atoms with E-state index in [9.17, 15) is 13.2 Å². The summed E-state index contributed by atoms with van der Waals surface area (Å²) < 4.78 is 38.4. The summed E-state index contributed by atoms with van der Waals surface area (Å²) in [6.45, 7) is 2.53. The van der Waals surface area contributed by atoms with Gasteiger partial charge in [-0.3, -0.25) is 0 Å². The number of halogens is 3. The summed E-state index contributed by atoms with van der Waals surface area (Å²) in [4.78, 5) is 11.8. The molecule has 0 radical (unpaired) electrons. The molecule has 4 rings (SSSR count). The Labute approximate surface area is 178 Å². The number of anilines is 1. The number of alkyl halides is 3. The lowest BCUT2D eigenvalue weighted by molar-refractivity contribution is -0.126. The molecule has 1 saturated heterocycles. The highest BCUT2D eigenvalue weighted by molar-refractivity contribution is 7.18. The van der Waals surface area contributed by atoms with Crippen molar-refractivity contribution in [2.75, 3.05) is 18.0 Å². The Hall–Kier alpha value is -2.19. The average molecular weight is 435 g/mol. The summed E-state index contributed by atoms with van der Waals surface area (Å²) in [7, 11) is 0. The van der Waals surface area contributed by atoms with Gasteiger partial charge in [0.25, 0.3) is 0 Å². The normalized spacial score (nSPS) is 18.4. The van der Waals surface area contributed by atoms with Crippen LogP contribution in [0.2, 0.25) is 0 Å². The van der Waals surface area contributed by atoms with Crippen LogP contribution in [0.25, 0.3) is 10.2 Å². The maximum atomic E-state index is 12.8. The smallest absolute Gasteiger partial charge is 0.356 e. The van der Waals surface area contributed by atoms with Gasteiger partial charge in [-0.1, -0.05) is 36.8 Å². The Kier molecular flexibility index (Phi) is 6.53. The summed E-state index contributed by atoms with van der Waals surface area (Å²) >= 11 is 1.11. The summed E-state index contributed by atoms with van der Waals surface area (Å²) in [5.41, 5.74) is 1.27. The molecule has 8 heteroatoms. The fourth-order valence-corrected chi connectivity index (χ4v) is 4.99. The second-order valence-electron chi connectivity index (χ2n) is 7.76. The van der Waals surface area contributed by atoms with Crippen molar-refractivity contribution in [3.8, 4) is 0 Å². The van der Waals surface area contributed by atoms with E-state index in [4.69, 9.17) is 0 Å². The zero-order valence-electron chi connectivity index (χ0n) is 16.7. The van der Waals surface area contributed by atoms with Crippen LogP contribution in [-0.4, -0.2) is 35.3 Å². The molecule has 1 aliphatic heterocycles. The third kappa shape index (κ3) is 5.49. The predicted molar refractivity (Wildman–Crippen MR) is 115 cm³/mol. The van der Waals surface area contributed by atoms with Gasteiger partial charge in [0, 0.05) is 30.6 Å². The Morgan fingerprint density at radius 3 is 2.70 bits per heavy atom. The molecule has 3 heterocycles. The second-order valence-corrected chi connectivity index (χ2v) is 8.87. The minimum atomic E-state index is -4.22. The first-order valence-corrected chi connectivity index (χ1v) is 11.1. The van der Waals surface area contributed by atoms with Crippen molar-refractivity contribution < 1.29 is 13.2 Å². The molecular formula is C22H25F3N4S. The zero-order chi connectivity index (χ0) is 21.0. The number of aromatic nitrogens is 2. The first kappa shape index (κ1) is 21.1. The van der Waals surface area contributed by atoms with E-state index in [2.05, 4.69) is 32.3 Å². The number of hydrogen-bond donors (Lipinski definition) is 1. The van der Waals surface area contributed by atoms with E-state index in [1.165, 1.54) is 11.9 Å². The molecule has 0 unspecified atom stereocenters. The van der Waals surface area contributed by atoms with Gasteiger partial charge in [-0.15, -0.1) is 11.3 Å². The molecule has 1 aromatic carbocycles. The van der Waals surface area contributed by atoms with Crippen LogP contribution in [-0.2, 0) is 13.0 Å². The SMILES string of the molecule is FC(F)(F)Cc1cc2c(N3CCCC[C@@H](NCc4ccccc4)CC3)ncnc2s1. The minimum absolute atomic E-state index is 0.286. The van der Waals surface area contributed by atoms with Gasteiger partial charge in [0.15, 0.2) is 0 Å². The van der Waals surface area contributed by atoms with E-state index in [1.54, 1.807) is 6.07 Å². The molecule has 160 valence electrons. The van der Waals surface area contributed by atoms with Gasteiger partial charge in [-0.2, -0.15) is 13.2 Å². The minimum Gasteiger partial charge on any atom is -0.356 e. The number of thiophene rings is 1. The molecule has 3 aromatic rings. The molecular weight excluding hydrogens is 409 g/mol. The molecule has 0 saturated carbocycles. The largest absolute Gasteiger partial charge is 0.393 e. The number of nitrogens with zero attached hydrogens (tertiary/aromatic N) is 3. The highest BCUT2D eigenvalue weighted by Crippen LogP contribution is 2.34. The maximum Gasteiger partial charge on any atom is 0.393 e. The summed E-state index contributed by atoms with van der Waals surface area (Å²) in [5, 5.41) is 4.39. The number of fused-ring (bicyclic) bond motifs is 1. The van der Waals surface area contributed by atoms with E-state index < -0.39 is 12.6 Å². The predicted octanol–water partition coefficient (Wildman–Crippen LogP) is 5.33. The van der Waals surface area contributed by atoms with Crippen LogP contribution < -0.4 is 10.2 Å². The van der Waals surface area contributed by atoms with Crippen LogP contribution in [0.4, 0.5) is 19.0 Å². The fourth-order valence-electron chi connectivity index (χ4n) is 3.96. The summed E-state index contributed by atoms with van der Waals surface area (Å²) in [5.74, 6) is 0.758. The molecule has 2 aromatic heterocycles. The van der Waals surface area contributed by atoms with Crippen LogP contribution >= 0.6 is 11.3 Å². The standard InChI is InChI=1S/C22H25F3N4S/c23-22(24,25)13-18-12-19-20(27-15-28-21(19)30-18)29-10-5-4-8-17(9-11-29)26-14-16-6-2-1-3-7-16/h1-3,6-7,12,15,17,26H,4-5,8-11,13-14H2/t17-/m1/s1. The van der Waals surface area contributed by atoms with Gasteiger partial charge >= 0.3 is 6.18 Å². The molecule has 0 amide bonds. The van der Waals surface area contributed by atoms with E-state index in [0.29, 0.717) is 10.9 Å². The van der Waals surface area contributed by atoms with E-state index in [1.807, 2.05) is 18.2 Å². The van der Waals surface area contributed by atoms with Crippen molar-refractivity contribution in [2.45, 2.75) is 50.9 Å². The monoisotopic (exact) mass is 434 g/mol. The number of hydrogen-bond acceptors (Lipinski definition) is 5. The quantitative estimate of drug-likeness (QED) is 0.589. The summed E-state index contributed by atoms with van der Waals surface area (Å²) in [6, 6.07) is 12.4. The molecule has 1 atom stereocenters. The van der Waals surface area contributed by atoms with Crippen molar-refractivity contribution in [3.63, 3.8) is 0 Å². The van der Waals surface area contributed by atoms with Crippen molar-refractivity contribution >= 4 is 27.4 Å². The zero-order valence-corrected chi connectivity index (χ0v) is 17.5. The summed E-state index contributed by atoms with van der Waals surface area (Å²) in [6.07, 6.45) is 0.585. The Balaban J connectivity index is 1.46. The number of rotatable bonds is 5. The van der Waals surface area contributed by atoms with Gasteiger partial charge in [-0.25, -0.2) is 9.97 Å². The lowest BCUT2D eigenvalue weighted by Crippen LogP contribution is -2.37. The molecule has 30 heavy (non-hydrogen) atoms. The van der Waals surface area contributed by atoms with Crippen molar-refractivity contribution in [2.24, 2.45) is 0 Å². The molecule has 0 aliphatic carbocycles. The first-order valence-electron chi connectivity index (χ1n) is 10.3. The first-order chi connectivity index (χ1) is 14.5. The Morgan fingerprint density at radius 2 is 1.90 bits per heavy atom. The van der Waals surface area contributed by atoms with Gasteiger partial charge in [0.1, 0.15) is 17.0 Å².